The molecule has 0 N–H and O–H groups in total. The molecule has 100 valence electrons. The zero-order valence-corrected chi connectivity index (χ0v) is 12.3. The van der Waals surface area contributed by atoms with Crippen LogP contribution < -0.4 is 4.74 Å². The van der Waals surface area contributed by atoms with Crippen LogP contribution in [0.25, 0.3) is 0 Å². The number of alkyl halides is 1. The maximum atomic E-state index is 13.2. The Labute approximate surface area is 123 Å². The van der Waals surface area contributed by atoms with Crippen molar-refractivity contribution in [2.45, 2.75) is 5.38 Å². The Bertz CT molecular complexity index is 604. The molecule has 0 aliphatic carbocycles. The van der Waals surface area contributed by atoms with Crippen molar-refractivity contribution in [3.05, 3.63) is 63.6 Å². The minimum atomic E-state index is -0.917. The lowest BCUT2D eigenvalue weighted by Gasteiger charge is -2.15. The van der Waals surface area contributed by atoms with E-state index in [9.17, 15) is 8.78 Å². The first-order valence-electron chi connectivity index (χ1n) is 5.45. The molecule has 0 aliphatic heterocycles. The lowest BCUT2D eigenvalue weighted by molar-refractivity contribution is 0.410. The summed E-state index contributed by atoms with van der Waals surface area (Å²) in [5.74, 6) is -1.23. The van der Waals surface area contributed by atoms with Crippen molar-refractivity contribution in [2.75, 3.05) is 7.11 Å². The molecule has 2 aromatic carbocycles. The van der Waals surface area contributed by atoms with E-state index in [1.54, 1.807) is 12.1 Å². The first kappa shape index (κ1) is 14.3. The molecule has 5 heteroatoms. The first-order chi connectivity index (χ1) is 9.02. The van der Waals surface area contributed by atoms with Gasteiger partial charge >= 0.3 is 0 Å². The number of methoxy groups -OCH3 is 1. The van der Waals surface area contributed by atoms with Crippen LogP contribution in [0.1, 0.15) is 16.5 Å². The predicted molar refractivity (Wildman–Crippen MR) is 74.7 cm³/mol. The molecule has 0 fully saturated rings. The number of halogens is 4. The van der Waals surface area contributed by atoms with E-state index in [2.05, 4.69) is 15.9 Å². The van der Waals surface area contributed by atoms with Crippen molar-refractivity contribution in [1.29, 1.82) is 0 Å². The van der Waals surface area contributed by atoms with Gasteiger partial charge in [-0.05, 0) is 29.8 Å². The van der Waals surface area contributed by atoms with E-state index in [0.717, 1.165) is 16.6 Å². The molecule has 0 heterocycles. The molecule has 0 radical (unpaired) electrons. The topological polar surface area (TPSA) is 9.23 Å². The molecule has 0 spiro atoms. The molecule has 2 aromatic rings. The van der Waals surface area contributed by atoms with Crippen molar-refractivity contribution in [3.63, 3.8) is 0 Å². The van der Waals surface area contributed by atoms with Crippen LogP contribution in [-0.4, -0.2) is 7.11 Å². The zero-order chi connectivity index (χ0) is 14.0. The molecule has 1 unspecified atom stereocenters. The second-order valence-corrected chi connectivity index (χ2v) is 5.27. The second-order valence-electron chi connectivity index (χ2n) is 3.92. The highest BCUT2D eigenvalue weighted by Gasteiger charge is 2.17. The molecule has 19 heavy (non-hydrogen) atoms. The highest BCUT2D eigenvalue weighted by molar-refractivity contribution is 9.10. The third-order valence-corrected chi connectivity index (χ3v) is 3.69. The van der Waals surface area contributed by atoms with Crippen LogP contribution in [0.4, 0.5) is 8.78 Å². The van der Waals surface area contributed by atoms with E-state index in [-0.39, 0.29) is 0 Å². The number of hydrogen-bond donors (Lipinski definition) is 0. The van der Waals surface area contributed by atoms with Gasteiger partial charge in [-0.25, -0.2) is 8.78 Å². The second kappa shape index (κ2) is 5.88. The minimum absolute atomic E-state index is 0.473. The largest absolute Gasteiger partial charge is 0.496 e. The number of ether oxygens (including phenoxy) is 1. The predicted octanol–water partition coefficient (Wildman–Crippen LogP) is 5.06. The fraction of sp³-hybridized carbons (Fsp3) is 0.143. The monoisotopic (exact) mass is 346 g/mol. The lowest BCUT2D eigenvalue weighted by atomic mass is 10.0. The van der Waals surface area contributed by atoms with Crippen LogP contribution in [0.3, 0.4) is 0 Å². The maximum absolute atomic E-state index is 13.2. The number of rotatable bonds is 3. The van der Waals surface area contributed by atoms with Crippen LogP contribution in [-0.2, 0) is 0 Å². The van der Waals surface area contributed by atoms with Gasteiger partial charge < -0.3 is 4.74 Å². The summed E-state index contributed by atoms with van der Waals surface area (Å²) in [6.07, 6.45) is 0. The van der Waals surface area contributed by atoms with Crippen LogP contribution >= 0.6 is 27.5 Å². The van der Waals surface area contributed by atoms with Crippen LogP contribution in [0, 0.1) is 11.6 Å². The quantitative estimate of drug-likeness (QED) is 0.705. The van der Waals surface area contributed by atoms with Gasteiger partial charge in [-0.15, -0.1) is 11.6 Å². The van der Waals surface area contributed by atoms with Gasteiger partial charge in [-0.2, -0.15) is 0 Å². The van der Waals surface area contributed by atoms with Gasteiger partial charge in [-0.1, -0.05) is 28.1 Å². The molecule has 1 atom stereocenters. The van der Waals surface area contributed by atoms with E-state index in [1.807, 2.05) is 6.07 Å². The zero-order valence-electron chi connectivity index (χ0n) is 9.96. The third-order valence-electron chi connectivity index (χ3n) is 2.70. The van der Waals surface area contributed by atoms with Crippen molar-refractivity contribution < 1.29 is 13.5 Å². The Morgan fingerprint density at radius 1 is 1.11 bits per heavy atom. The minimum Gasteiger partial charge on any atom is -0.496 e. The Hall–Kier alpha value is -1.13. The van der Waals surface area contributed by atoms with Gasteiger partial charge in [0.25, 0.3) is 0 Å². The number of benzene rings is 2. The normalized spacial score (nSPS) is 12.3. The van der Waals surface area contributed by atoms with Crippen molar-refractivity contribution in [3.8, 4) is 5.75 Å². The Kier molecular flexibility index (Phi) is 4.42. The average Bonchev–Trinajstić information content (AvgIpc) is 2.41. The summed E-state index contributed by atoms with van der Waals surface area (Å²) in [5.41, 5.74) is 1.17. The standard InChI is InChI=1S/C14H10BrClF2O/c1-19-13-7-9(15)3-4-10(13)14(16)8-2-5-11(17)12(18)6-8/h2-7,14H,1H3. The third kappa shape index (κ3) is 3.07. The molecular formula is C14H10BrClF2O. The van der Waals surface area contributed by atoms with Crippen molar-refractivity contribution in [1.82, 2.24) is 0 Å². The summed E-state index contributed by atoms with van der Waals surface area (Å²) in [7, 11) is 1.53. The summed E-state index contributed by atoms with van der Waals surface area (Å²) < 4.78 is 32.2. The highest BCUT2D eigenvalue weighted by atomic mass is 79.9. The Balaban J connectivity index is 2.43. The van der Waals surface area contributed by atoms with Gasteiger partial charge in [0.1, 0.15) is 5.75 Å². The molecular weight excluding hydrogens is 338 g/mol. The van der Waals surface area contributed by atoms with Gasteiger partial charge in [0, 0.05) is 10.0 Å². The highest BCUT2D eigenvalue weighted by Crippen LogP contribution is 2.36. The molecule has 0 saturated heterocycles. The summed E-state index contributed by atoms with van der Waals surface area (Å²) in [4.78, 5) is 0. The summed E-state index contributed by atoms with van der Waals surface area (Å²) in [5, 5.41) is -0.613. The summed E-state index contributed by atoms with van der Waals surface area (Å²) in [6.45, 7) is 0. The Morgan fingerprint density at radius 2 is 1.84 bits per heavy atom. The molecule has 0 amide bonds. The SMILES string of the molecule is COc1cc(Br)ccc1C(Cl)c1ccc(F)c(F)c1. The van der Waals surface area contributed by atoms with E-state index in [0.29, 0.717) is 16.9 Å². The van der Waals surface area contributed by atoms with Gasteiger partial charge in [-0.3, -0.25) is 0 Å². The molecule has 0 aliphatic rings. The van der Waals surface area contributed by atoms with E-state index >= 15 is 0 Å². The van der Waals surface area contributed by atoms with E-state index < -0.39 is 17.0 Å². The van der Waals surface area contributed by atoms with E-state index in [4.69, 9.17) is 16.3 Å². The summed E-state index contributed by atoms with van der Waals surface area (Å²) in [6, 6.07) is 8.97. The molecule has 1 nitrogen and oxygen atoms in total. The van der Waals surface area contributed by atoms with E-state index in [1.165, 1.54) is 13.2 Å². The molecule has 0 bridgehead atoms. The first-order valence-corrected chi connectivity index (χ1v) is 6.68. The lowest BCUT2D eigenvalue weighted by Crippen LogP contribution is -1.99. The summed E-state index contributed by atoms with van der Waals surface area (Å²) >= 11 is 9.64. The van der Waals surface area contributed by atoms with Gasteiger partial charge in [0.15, 0.2) is 11.6 Å². The fourth-order valence-electron chi connectivity index (χ4n) is 1.74. The molecule has 2 rings (SSSR count). The van der Waals surface area contributed by atoms with Crippen molar-refractivity contribution in [2.24, 2.45) is 0 Å². The smallest absolute Gasteiger partial charge is 0.159 e. The Morgan fingerprint density at radius 3 is 2.47 bits per heavy atom. The molecule has 0 aromatic heterocycles. The maximum Gasteiger partial charge on any atom is 0.159 e. The number of hydrogen-bond acceptors (Lipinski definition) is 1. The van der Waals surface area contributed by atoms with Crippen LogP contribution in [0.5, 0.6) is 5.75 Å². The van der Waals surface area contributed by atoms with Crippen LogP contribution in [0.2, 0.25) is 0 Å². The molecule has 0 saturated carbocycles. The van der Waals surface area contributed by atoms with Gasteiger partial charge in [0.05, 0.1) is 12.5 Å². The van der Waals surface area contributed by atoms with Gasteiger partial charge in [0.2, 0.25) is 0 Å². The van der Waals surface area contributed by atoms with Crippen LogP contribution in [0.15, 0.2) is 40.9 Å². The fourth-order valence-corrected chi connectivity index (χ4v) is 2.40. The van der Waals surface area contributed by atoms with Crippen molar-refractivity contribution >= 4 is 27.5 Å². The average molecular weight is 348 g/mol.